The van der Waals surface area contributed by atoms with Crippen LogP contribution in [-0.4, -0.2) is 41.8 Å². The number of carboxylic acid groups (broad SMARTS) is 1. The molecule has 7 heteroatoms. The maximum Gasteiger partial charge on any atom is 0.407 e. The predicted octanol–water partition coefficient (Wildman–Crippen LogP) is 2.90. The molecule has 2 amide bonds. The molecule has 0 aliphatic heterocycles. The Hall–Kier alpha value is -4.23. The molecule has 2 unspecified atom stereocenters. The number of carbonyl (C=O) groups excluding carboxylic acids is 2. The molecule has 2 atom stereocenters. The van der Waals surface area contributed by atoms with Gasteiger partial charge in [0, 0.05) is 18.8 Å². The lowest BCUT2D eigenvalue weighted by molar-refractivity contribution is -0.141. The van der Waals surface area contributed by atoms with Gasteiger partial charge in [0.1, 0.15) is 18.7 Å². The molecule has 0 bridgehead atoms. The van der Waals surface area contributed by atoms with Crippen LogP contribution in [0.1, 0.15) is 36.8 Å². The van der Waals surface area contributed by atoms with Gasteiger partial charge in [-0.1, -0.05) is 48.5 Å². The lowest BCUT2D eigenvalue weighted by Crippen LogP contribution is -2.51. The lowest BCUT2D eigenvalue weighted by atomic mass is 9.98. The number of rotatable bonds is 8. The van der Waals surface area contributed by atoms with Gasteiger partial charge in [-0.15, -0.1) is 24.2 Å². The first-order valence-corrected chi connectivity index (χ1v) is 10.4. The fourth-order valence-corrected chi connectivity index (χ4v) is 3.79. The lowest BCUT2D eigenvalue weighted by Gasteiger charge is -2.20. The molecule has 3 rings (SSSR count). The summed E-state index contributed by atoms with van der Waals surface area (Å²) in [6.07, 6.45) is 4.33. The molecule has 0 radical (unpaired) electrons. The molecule has 0 fully saturated rings. The third kappa shape index (κ3) is 5.53. The van der Waals surface area contributed by atoms with Crippen LogP contribution >= 0.6 is 0 Å². The number of nitrogens with one attached hydrogen (secondary N) is 2. The minimum atomic E-state index is -1.23. The molecule has 0 saturated carbocycles. The number of fused-ring (bicyclic) bond motifs is 3. The van der Waals surface area contributed by atoms with Crippen molar-refractivity contribution in [2.24, 2.45) is 0 Å². The fourth-order valence-electron chi connectivity index (χ4n) is 3.79. The number of carbonyl (C=O) groups is 3. The molecule has 0 heterocycles. The molecule has 2 aromatic carbocycles. The molecule has 168 valence electrons. The van der Waals surface area contributed by atoms with E-state index in [0.717, 1.165) is 22.3 Å². The van der Waals surface area contributed by atoms with Crippen molar-refractivity contribution in [3.05, 3.63) is 59.7 Å². The maximum absolute atomic E-state index is 12.5. The van der Waals surface area contributed by atoms with Crippen molar-refractivity contribution in [3.8, 4) is 35.3 Å². The zero-order valence-electron chi connectivity index (χ0n) is 18.1. The number of terminal acetylenes is 1. The first-order chi connectivity index (χ1) is 16.0. The number of hydrogen-bond acceptors (Lipinski definition) is 4. The Balaban J connectivity index is 1.65. The highest BCUT2D eigenvalue weighted by Gasteiger charge is 2.30. The molecular weight excluding hydrogens is 420 g/mol. The largest absolute Gasteiger partial charge is 0.480 e. The molecule has 0 aromatic heterocycles. The standard InChI is InChI=1S/C26H24N2O5/c1-3-5-15-23(25(30)31)27-24(29)22(10-4-2)28-26(32)33-16-21-19-13-8-6-11-17(19)18-12-7-9-14-20(18)21/h2,6-9,11-14,21-23H,10,15-16H2,1H3,(H,27,29)(H,28,32)(H,30,31). The van der Waals surface area contributed by atoms with Crippen molar-refractivity contribution in [2.45, 2.75) is 37.8 Å². The molecule has 0 spiro atoms. The first-order valence-electron chi connectivity index (χ1n) is 10.4. The molecule has 2 aromatic rings. The SMILES string of the molecule is C#CCC(NC(=O)OCC1c2ccccc2-c2ccccc21)C(=O)NC(CC#CC)C(=O)O. The van der Waals surface area contributed by atoms with Gasteiger partial charge in [-0.05, 0) is 29.2 Å². The second-order valence-corrected chi connectivity index (χ2v) is 7.46. The van der Waals surface area contributed by atoms with Crippen LogP contribution in [0.25, 0.3) is 11.1 Å². The summed E-state index contributed by atoms with van der Waals surface area (Å²) in [5, 5.41) is 14.1. The Morgan fingerprint density at radius 2 is 1.61 bits per heavy atom. The summed E-state index contributed by atoms with van der Waals surface area (Å²) in [4.78, 5) is 36.4. The Morgan fingerprint density at radius 3 is 2.15 bits per heavy atom. The smallest absolute Gasteiger partial charge is 0.407 e. The minimum absolute atomic E-state index is 0.0642. The number of aliphatic carboxylic acids is 1. The highest BCUT2D eigenvalue weighted by Crippen LogP contribution is 2.44. The average Bonchev–Trinajstić information content (AvgIpc) is 3.13. The van der Waals surface area contributed by atoms with Gasteiger partial charge in [0.15, 0.2) is 0 Å². The summed E-state index contributed by atoms with van der Waals surface area (Å²) >= 11 is 0. The molecule has 7 nitrogen and oxygen atoms in total. The molecule has 0 saturated heterocycles. The van der Waals surface area contributed by atoms with Gasteiger partial charge in [-0.2, -0.15) is 0 Å². The summed E-state index contributed by atoms with van der Waals surface area (Å²) < 4.78 is 5.45. The zero-order chi connectivity index (χ0) is 23.8. The Bertz CT molecular complexity index is 1110. The van der Waals surface area contributed by atoms with Gasteiger partial charge in [0.2, 0.25) is 5.91 Å². The fraction of sp³-hybridized carbons (Fsp3) is 0.269. The predicted molar refractivity (Wildman–Crippen MR) is 123 cm³/mol. The van der Waals surface area contributed by atoms with Gasteiger partial charge >= 0.3 is 12.1 Å². The van der Waals surface area contributed by atoms with Crippen LogP contribution in [-0.2, 0) is 14.3 Å². The Morgan fingerprint density at radius 1 is 1.00 bits per heavy atom. The monoisotopic (exact) mass is 444 g/mol. The van der Waals surface area contributed by atoms with Crippen molar-refractivity contribution in [1.29, 1.82) is 0 Å². The van der Waals surface area contributed by atoms with Gasteiger partial charge < -0.3 is 20.5 Å². The number of benzene rings is 2. The van der Waals surface area contributed by atoms with Gasteiger partial charge in [-0.25, -0.2) is 9.59 Å². The normalized spacial score (nSPS) is 13.2. The number of hydrogen-bond donors (Lipinski definition) is 3. The van der Waals surface area contributed by atoms with E-state index in [4.69, 9.17) is 11.2 Å². The topological polar surface area (TPSA) is 105 Å². The third-order valence-electron chi connectivity index (χ3n) is 5.37. The van der Waals surface area contributed by atoms with Gasteiger partial charge in [0.05, 0.1) is 0 Å². The number of amides is 2. The summed E-state index contributed by atoms with van der Waals surface area (Å²) in [5.41, 5.74) is 4.32. The maximum atomic E-state index is 12.5. The van der Waals surface area contributed by atoms with Crippen LogP contribution in [0, 0.1) is 24.2 Å². The quantitative estimate of drug-likeness (QED) is 0.543. The summed E-state index contributed by atoms with van der Waals surface area (Å²) in [7, 11) is 0. The van der Waals surface area contributed by atoms with E-state index < -0.39 is 30.1 Å². The summed E-state index contributed by atoms with van der Waals surface area (Å²) in [6.45, 7) is 1.65. The molecule has 33 heavy (non-hydrogen) atoms. The van der Waals surface area contributed by atoms with Gasteiger partial charge in [-0.3, -0.25) is 4.79 Å². The van der Waals surface area contributed by atoms with E-state index in [1.165, 1.54) is 0 Å². The van der Waals surface area contributed by atoms with Crippen molar-refractivity contribution in [1.82, 2.24) is 10.6 Å². The summed E-state index contributed by atoms with van der Waals surface area (Å²) in [6, 6.07) is 13.5. The van der Waals surface area contributed by atoms with E-state index in [1.54, 1.807) is 6.92 Å². The minimum Gasteiger partial charge on any atom is -0.480 e. The van der Waals surface area contributed by atoms with E-state index in [9.17, 15) is 19.5 Å². The van der Waals surface area contributed by atoms with Crippen LogP contribution in [0.2, 0.25) is 0 Å². The molecule has 1 aliphatic carbocycles. The highest BCUT2D eigenvalue weighted by molar-refractivity contribution is 5.89. The van der Waals surface area contributed by atoms with Crippen LogP contribution < -0.4 is 10.6 Å². The highest BCUT2D eigenvalue weighted by atomic mass is 16.5. The second-order valence-electron chi connectivity index (χ2n) is 7.46. The van der Waals surface area contributed by atoms with E-state index in [2.05, 4.69) is 28.4 Å². The molecular formula is C26H24N2O5. The van der Waals surface area contributed by atoms with Crippen LogP contribution in [0.3, 0.4) is 0 Å². The third-order valence-corrected chi connectivity index (χ3v) is 5.37. The molecule has 3 N–H and O–H groups in total. The number of ether oxygens (including phenoxy) is 1. The zero-order valence-corrected chi connectivity index (χ0v) is 18.1. The van der Waals surface area contributed by atoms with Crippen LogP contribution in [0.15, 0.2) is 48.5 Å². The van der Waals surface area contributed by atoms with Crippen LogP contribution in [0.5, 0.6) is 0 Å². The van der Waals surface area contributed by atoms with Crippen LogP contribution in [0.4, 0.5) is 4.79 Å². The Kier molecular flexibility index (Phi) is 7.73. The van der Waals surface area contributed by atoms with Crippen molar-refractivity contribution < 1.29 is 24.2 Å². The number of alkyl carbamates (subject to hydrolysis) is 1. The van der Waals surface area contributed by atoms with Crippen molar-refractivity contribution >= 4 is 18.0 Å². The summed E-state index contributed by atoms with van der Waals surface area (Å²) in [5.74, 6) is 5.44. The van der Waals surface area contributed by atoms with E-state index >= 15 is 0 Å². The first kappa shape index (κ1) is 23.4. The van der Waals surface area contributed by atoms with E-state index in [-0.39, 0.29) is 25.4 Å². The Labute approximate surface area is 192 Å². The average molecular weight is 444 g/mol. The van der Waals surface area contributed by atoms with E-state index in [1.807, 2.05) is 48.5 Å². The van der Waals surface area contributed by atoms with Gasteiger partial charge in [0.25, 0.3) is 0 Å². The number of carboxylic acids is 1. The van der Waals surface area contributed by atoms with E-state index in [0.29, 0.717) is 0 Å². The van der Waals surface area contributed by atoms with Crippen molar-refractivity contribution in [3.63, 3.8) is 0 Å². The molecule has 1 aliphatic rings. The van der Waals surface area contributed by atoms with Crippen molar-refractivity contribution in [2.75, 3.05) is 6.61 Å². The second kappa shape index (κ2) is 10.9.